The molecule has 0 fully saturated rings. The first kappa shape index (κ1) is 22.5. The van der Waals surface area contributed by atoms with E-state index in [1.165, 1.54) is 23.8 Å². The molecule has 1 aliphatic rings. The van der Waals surface area contributed by atoms with Crippen LogP contribution in [0.4, 0.5) is 13.2 Å². The van der Waals surface area contributed by atoms with Gasteiger partial charge in [0.2, 0.25) is 0 Å². The van der Waals surface area contributed by atoms with Gasteiger partial charge in [-0.3, -0.25) is 4.79 Å². The third kappa shape index (κ3) is 5.37. The maximum absolute atomic E-state index is 12.7. The monoisotopic (exact) mass is 453 g/mol. The van der Waals surface area contributed by atoms with Crippen molar-refractivity contribution in [3.05, 3.63) is 107 Å². The van der Waals surface area contributed by atoms with Gasteiger partial charge in [0.15, 0.2) is 5.78 Å². The van der Waals surface area contributed by atoms with Crippen LogP contribution in [0.1, 0.15) is 33.1 Å². The number of allylic oxidation sites excluding steroid dienone is 1. The summed E-state index contributed by atoms with van der Waals surface area (Å²) in [6, 6.07) is 20.4. The molecule has 1 unspecified atom stereocenters. The second kappa shape index (κ2) is 9.40. The molecule has 4 nitrogen and oxygen atoms in total. The van der Waals surface area contributed by atoms with Crippen LogP contribution in [0.5, 0.6) is 11.5 Å². The van der Waals surface area contributed by atoms with Crippen molar-refractivity contribution in [3.8, 4) is 11.5 Å². The van der Waals surface area contributed by atoms with Gasteiger partial charge >= 0.3 is 6.36 Å². The number of rotatable bonds is 6. The predicted octanol–water partition coefficient (Wildman–Crippen LogP) is 5.94. The number of nitrogens with zero attached hydrogens (tertiary/aromatic N) is 1. The van der Waals surface area contributed by atoms with Gasteiger partial charge in [-0.2, -0.15) is 0 Å². The number of hydrogen-bond donors (Lipinski definition) is 0. The molecule has 7 heteroatoms. The number of carbonyl (C=O) groups is 1. The second-order valence-electron chi connectivity index (χ2n) is 7.61. The zero-order valence-corrected chi connectivity index (χ0v) is 17.9. The van der Waals surface area contributed by atoms with Gasteiger partial charge in [-0.15, -0.1) is 13.2 Å². The molecule has 0 saturated heterocycles. The predicted molar refractivity (Wildman–Crippen MR) is 118 cm³/mol. The Labute approximate surface area is 189 Å². The Bertz CT molecular complexity index is 1140. The van der Waals surface area contributed by atoms with E-state index in [0.717, 1.165) is 17.5 Å². The SMILES string of the molecule is COc1ccc(C(=O)C=CN2CCc3ccccc3C2c2ccc(OC(F)(F)F)cc2)cc1. The van der Waals surface area contributed by atoms with Crippen LogP contribution < -0.4 is 9.47 Å². The number of methoxy groups -OCH3 is 1. The summed E-state index contributed by atoms with van der Waals surface area (Å²) < 4.78 is 46.7. The van der Waals surface area contributed by atoms with Crippen molar-refractivity contribution in [2.75, 3.05) is 13.7 Å². The smallest absolute Gasteiger partial charge is 0.497 e. The third-order valence-electron chi connectivity index (χ3n) is 5.54. The van der Waals surface area contributed by atoms with Crippen LogP contribution >= 0.6 is 0 Å². The Hall–Kier alpha value is -3.74. The van der Waals surface area contributed by atoms with E-state index in [1.54, 1.807) is 49.7 Å². The quantitative estimate of drug-likeness (QED) is 0.342. The van der Waals surface area contributed by atoms with E-state index in [9.17, 15) is 18.0 Å². The van der Waals surface area contributed by atoms with Crippen molar-refractivity contribution >= 4 is 5.78 Å². The fourth-order valence-corrected chi connectivity index (χ4v) is 3.98. The molecule has 0 radical (unpaired) electrons. The normalized spacial score (nSPS) is 15.9. The fraction of sp³-hybridized carbons (Fsp3) is 0.192. The molecule has 0 aliphatic carbocycles. The van der Waals surface area contributed by atoms with Gasteiger partial charge in [0.05, 0.1) is 13.2 Å². The molecule has 1 atom stereocenters. The number of carbonyl (C=O) groups excluding carboxylic acids is 1. The highest BCUT2D eigenvalue weighted by Gasteiger charge is 2.31. The molecule has 0 N–H and O–H groups in total. The van der Waals surface area contributed by atoms with Crippen LogP contribution in [0.25, 0.3) is 0 Å². The molecule has 1 heterocycles. The minimum atomic E-state index is -4.74. The molecule has 0 aromatic heterocycles. The van der Waals surface area contributed by atoms with Crippen molar-refractivity contribution in [2.45, 2.75) is 18.8 Å². The Kier molecular flexibility index (Phi) is 6.40. The molecule has 3 aromatic carbocycles. The van der Waals surface area contributed by atoms with E-state index < -0.39 is 6.36 Å². The minimum absolute atomic E-state index is 0.149. The molecule has 0 amide bonds. The highest BCUT2D eigenvalue weighted by Crippen LogP contribution is 2.36. The lowest BCUT2D eigenvalue weighted by Crippen LogP contribution is -2.32. The number of halogens is 3. The summed E-state index contributed by atoms with van der Waals surface area (Å²) >= 11 is 0. The van der Waals surface area contributed by atoms with E-state index >= 15 is 0 Å². The van der Waals surface area contributed by atoms with E-state index in [-0.39, 0.29) is 17.6 Å². The molecule has 1 aliphatic heterocycles. The van der Waals surface area contributed by atoms with Crippen LogP contribution in [0.3, 0.4) is 0 Å². The number of ketones is 1. The largest absolute Gasteiger partial charge is 0.573 e. The lowest BCUT2D eigenvalue weighted by molar-refractivity contribution is -0.274. The zero-order chi connectivity index (χ0) is 23.4. The molecule has 0 saturated carbocycles. The van der Waals surface area contributed by atoms with E-state index in [2.05, 4.69) is 4.74 Å². The number of benzene rings is 3. The van der Waals surface area contributed by atoms with E-state index in [0.29, 0.717) is 17.9 Å². The van der Waals surface area contributed by atoms with Crippen LogP contribution in [0.2, 0.25) is 0 Å². The maximum Gasteiger partial charge on any atom is 0.573 e. The van der Waals surface area contributed by atoms with Crippen LogP contribution in [-0.2, 0) is 6.42 Å². The topological polar surface area (TPSA) is 38.8 Å². The van der Waals surface area contributed by atoms with Crippen LogP contribution in [0, 0.1) is 0 Å². The van der Waals surface area contributed by atoms with Crippen molar-refractivity contribution in [2.24, 2.45) is 0 Å². The highest BCUT2D eigenvalue weighted by atomic mass is 19.4. The first-order valence-electron chi connectivity index (χ1n) is 10.4. The van der Waals surface area contributed by atoms with Gasteiger partial charge in [0.25, 0.3) is 0 Å². The molecule has 3 aromatic rings. The lowest BCUT2D eigenvalue weighted by Gasteiger charge is -2.37. The van der Waals surface area contributed by atoms with Crippen molar-refractivity contribution in [1.82, 2.24) is 4.90 Å². The number of alkyl halides is 3. The standard InChI is InChI=1S/C26H22F3NO3/c1-32-21-10-6-19(7-11-21)24(31)15-17-30-16-14-18-4-2-3-5-23(18)25(30)20-8-12-22(13-9-20)33-26(27,28)29/h2-13,15,17,25H,14,16H2,1H3. The number of ether oxygens (including phenoxy) is 2. The van der Waals surface area contributed by atoms with Gasteiger partial charge < -0.3 is 14.4 Å². The Morgan fingerprint density at radius 1 is 0.970 bits per heavy atom. The Morgan fingerprint density at radius 3 is 2.30 bits per heavy atom. The highest BCUT2D eigenvalue weighted by molar-refractivity contribution is 6.04. The summed E-state index contributed by atoms with van der Waals surface area (Å²) in [6.45, 7) is 0.662. The van der Waals surface area contributed by atoms with Crippen LogP contribution in [0.15, 0.2) is 85.1 Å². The Balaban J connectivity index is 1.61. The third-order valence-corrected chi connectivity index (χ3v) is 5.54. The molecule has 33 heavy (non-hydrogen) atoms. The summed E-state index contributed by atoms with van der Waals surface area (Å²) in [5.74, 6) is 0.248. The van der Waals surface area contributed by atoms with Crippen molar-refractivity contribution in [3.63, 3.8) is 0 Å². The average Bonchev–Trinajstić information content (AvgIpc) is 2.82. The van der Waals surface area contributed by atoms with Gasteiger partial charge in [-0.25, -0.2) is 0 Å². The van der Waals surface area contributed by atoms with Gasteiger partial charge in [-0.1, -0.05) is 36.4 Å². The van der Waals surface area contributed by atoms with Gasteiger partial charge in [0, 0.05) is 24.4 Å². The number of fused-ring (bicyclic) bond motifs is 1. The first-order chi connectivity index (χ1) is 15.8. The molecular formula is C26H22F3NO3. The van der Waals surface area contributed by atoms with Crippen LogP contribution in [-0.4, -0.2) is 30.7 Å². The van der Waals surface area contributed by atoms with Crippen molar-refractivity contribution in [1.29, 1.82) is 0 Å². The lowest BCUT2D eigenvalue weighted by atomic mass is 9.88. The minimum Gasteiger partial charge on any atom is -0.497 e. The molecule has 4 rings (SSSR count). The van der Waals surface area contributed by atoms with Gasteiger partial charge in [-0.05, 0) is 59.5 Å². The zero-order valence-electron chi connectivity index (χ0n) is 17.9. The van der Waals surface area contributed by atoms with E-state index in [4.69, 9.17) is 4.74 Å². The molecule has 0 spiro atoms. The number of hydrogen-bond acceptors (Lipinski definition) is 4. The Morgan fingerprint density at radius 2 is 1.64 bits per heavy atom. The van der Waals surface area contributed by atoms with E-state index in [1.807, 2.05) is 29.2 Å². The fourth-order valence-electron chi connectivity index (χ4n) is 3.98. The molecule has 170 valence electrons. The average molecular weight is 453 g/mol. The summed E-state index contributed by atoms with van der Waals surface area (Å²) in [5.41, 5.74) is 3.56. The molecular weight excluding hydrogens is 431 g/mol. The summed E-state index contributed by atoms with van der Waals surface area (Å²) in [4.78, 5) is 14.7. The first-order valence-corrected chi connectivity index (χ1v) is 10.4. The summed E-state index contributed by atoms with van der Waals surface area (Å²) in [7, 11) is 1.56. The molecule has 0 bridgehead atoms. The second-order valence-corrected chi connectivity index (χ2v) is 7.61. The van der Waals surface area contributed by atoms with Gasteiger partial charge in [0.1, 0.15) is 11.5 Å². The summed E-state index contributed by atoms with van der Waals surface area (Å²) in [5, 5.41) is 0. The van der Waals surface area contributed by atoms with Crippen molar-refractivity contribution < 1.29 is 27.4 Å². The summed E-state index contributed by atoms with van der Waals surface area (Å²) in [6.07, 6.45) is -0.671. The maximum atomic E-state index is 12.7.